The Morgan fingerprint density at radius 1 is 1.02 bits per heavy atom. The maximum absolute atomic E-state index is 12.5. The third-order valence-corrected chi connectivity index (χ3v) is 8.16. The van der Waals surface area contributed by atoms with Gasteiger partial charge in [0.15, 0.2) is 11.7 Å². The van der Waals surface area contributed by atoms with E-state index in [1.54, 1.807) is 36.5 Å². The first-order valence-corrected chi connectivity index (χ1v) is 14.8. The number of halogens is 1. The lowest BCUT2D eigenvalue weighted by atomic mass is 9.96. The topological polar surface area (TPSA) is 91.7 Å². The van der Waals surface area contributed by atoms with Gasteiger partial charge in [-0.05, 0) is 104 Å². The van der Waals surface area contributed by atoms with E-state index in [-0.39, 0.29) is 30.3 Å². The Balaban J connectivity index is 1.32. The standard InChI is InChI=1S/C34H30ClN5O3S/c1-21-18-27(22(2)39(21)29-19-23(35)11-16-30(29)41)33-32(28-10-6-7-17-36-28)38-34(44)40(33)25-14-12-24(13-15-25)37-31(42)20-43-26-8-4-3-5-9-26/h3-19,32-33,41H,20H2,1-2H3,(H,37,42)(H,38,44). The number of pyridine rings is 1. The van der Waals surface area contributed by atoms with Crippen LogP contribution in [0.1, 0.15) is 34.7 Å². The van der Waals surface area contributed by atoms with E-state index in [1.807, 2.05) is 79.1 Å². The normalized spacial score (nSPS) is 16.1. The van der Waals surface area contributed by atoms with Crippen LogP contribution in [0.25, 0.3) is 5.69 Å². The van der Waals surface area contributed by atoms with E-state index in [0.29, 0.717) is 27.3 Å². The SMILES string of the molecule is Cc1cc(C2C(c3ccccn3)NC(=S)N2c2ccc(NC(=O)COc3ccccc3)cc2)c(C)n1-c1cc(Cl)ccc1O. The van der Waals surface area contributed by atoms with Gasteiger partial charge in [0.05, 0.1) is 23.5 Å². The molecule has 8 nitrogen and oxygen atoms in total. The first kappa shape index (κ1) is 29.2. The van der Waals surface area contributed by atoms with Crippen LogP contribution in [0.4, 0.5) is 11.4 Å². The largest absolute Gasteiger partial charge is 0.506 e. The molecular formula is C34H30ClN5O3S. The van der Waals surface area contributed by atoms with Gasteiger partial charge in [-0.25, -0.2) is 0 Å². The number of carbonyl (C=O) groups is 1. The molecule has 3 aromatic carbocycles. The van der Waals surface area contributed by atoms with Crippen molar-refractivity contribution in [1.29, 1.82) is 0 Å². The molecule has 0 radical (unpaired) electrons. The van der Waals surface area contributed by atoms with Gasteiger partial charge >= 0.3 is 0 Å². The van der Waals surface area contributed by atoms with E-state index < -0.39 is 0 Å². The van der Waals surface area contributed by atoms with Crippen LogP contribution in [0, 0.1) is 13.8 Å². The summed E-state index contributed by atoms with van der Waals surface area (Å²) in [5, 5.41) is 18.2. The van der Waals surface area contributed by atoms with Crippen LogP contribution in [0.15, 0.2) is 103 Å². The number of rotatable bonds is 8. The van der Waals surface area contributed by atoms with Crippen LogP contribution in [0.3, 0.4) is 0 Å². The average Bonchev–Trinajstić information content (AvgIpc) is 3.53. The fourth-order valence-corrected chi connectivity index (χ4v) is 6.16. The van der Waals surface area contributed by atoms with Crippen molar-refractivity contribution < 1.29 is 14.6 Å². The zero-order valence-electron chi connectivity index (χ0n) is 24.1. The second kappa shape index (κ2) is 12.4. The van der Waals surface area contributed by atoms with Gasteiger partial charge in [0, 0.05) is 34.0 Å². The minimum Gasteiger partial charge on any atom is -0.506 e. The molecule has 1 aliphatic heterocycles. The van der Waals surface area contributed by atoms with Gasteiger partial charge in [-0.2, -0.15) is 0 Å². The van der Waals surface area contributed by atoms with Crippen molar-refractivity contribution in [3.63, 3.8) is 0 Å². The highest BCUT2D eigenvalue weighted by Crippen LogP contribution is 2.44. The maximum Gasteiger partial charge on any atom is 0.262 e. The third-order valence-electron chi connectivity index (χ3n) is 7.61. The molecule has 0 bridgehead atoms. The Morgan fingerprint density at radius 2 is 1.77 bits per heavy atom. The number of benzene rings is 3. The highest BCUT2D eigenvalue weighted by Gasteiger charge is 2.42. The van der Waals surface area contributed by atoms with Gasteiger partial charge < -0.3 is 29.9 Å². The monoisotopic (exact) mass is 623 g/mol. The number of nitrogens with zero attached hydrogens (tertiary/aromatic N) is 3. The molecule has 1 saturated heterocycles. The van der Waals surface area contributed by atoms with Crippen molar-refractivity contribution in [3.8, 4) is 17.2 Å². The number of anilines is 2. The Kier molecular flexibility index (Phi) is 8.23. The zero-order chi connectivity index (χ0) is 30.8. The van der Waals surface area contributed by atoms with Gasteiger partial charge in [-0.1, -0.05) is 35.9 Å². The molecule has 0 spiro atoms. The van der Waals surface area contributed by atoms with Crippen molar-refractivity contribution >= 4 is 46.2 Å². The van der Waals surface area contributed by atoms with Crippen LogP contribution in [-0.2, 0) is 4.79 Å². The predicted octanol–water partition coefficient (Wildman–Crippen LogP) is 7.04. The number of aryl methyl sites for hydroxylation is 1. The number of aromatic hydroxyl groups is 1. The summed E-state index contributed by atoms with van der Waals surface area (Å²) in [7, 11) is 0. The Bertz CT molecular complexity index is 1810. The summed E-state index contributed by atoms with van der Waals surface area (Å²) in [5.74, 6) is 0.504. The average molecular weight is 624 g/mol. The lowest BCUT2D eigenvalue weighted by Gasteiger charge is -2.28. The first-order valence-electron chi connectivity index (χ1n) is 14.1. The van der Waals surface area contributed by atoms with E-state index in [9.17, 15) is 9.90 Å². The molecule has 2 atom stereocenters. The fourth-order valence-electron chi connectivity index (χ4n) is 5.65. The summed E-state index contributed by atoms with van der Waals surface area (Å²) in [5.41, 5.74) is 5.82. The molecule has 3 heterocycles. The quantitative estimate of drug-likeness (QED) is 0.160. The van der Waals surface area contributed by atoms with Gasteiger partial charge in [0.1, 0.15) is 11.5 Å². The molecule has 1 aliphatic rings. The van der Waals surface area contributed by atoms with Crippen molar-refractivity contribution in [2.75, 3.05) is 16.8 Å². The smallest absolute Gasteiger partial charge is 0.262 e. The number of hydrogen-bond donors (Lipinski definition) is 3. The molecule has 10 heteroatoms. The highest BCUT2D eigenvalue weighted by atomic mass is 35.5. The maximum atomic E-state index is 12.5. The Hall–Kier alpha value is -4.86. The lowest BCUT2D eigenvalue weighted by molar-refractivity contribution is -0.118. The number of amides is 1. The molecule has 0 aliphatic carbocycles. The highest BCUT2D eigenvalue weighted by molar-refractivity contribution is 7.80. The summed E-state index contributed by atoms with van der Waals surface area (Å²) < 4.78 is 7.57. The van der Waals surface area contributed by atoms with Crippen LogP contribution in [0.5, 0.6) is 11.5 Å². The number of ether oxygens (including phenoxy) is 1. The number of phenols is 1. The molecule has 1 amide bonds. The summed E-state index contributed by atoms with van der Waals surface area (Å²) in [6, 6.07) is 29.2. The van der Waals surface area contributed by atoms with Crippen molar-refractivity contribution in [2.24, 2.45) is 0 Å². The van der Waals surface area contributed by atoms with E-state index >= 15 is 0 Å². The number of thiocarbonyl (C=S) groups is 1. The fraction of sp³-hybridized carbons (Fsp3) is 0.147. The third kappa shape index (κ3) is 5.84. The van der Waals surface area contributed by atoms with E-state index in [0.717, 1.165) is 28.3 Å². The van der Waals surface area contributed by atoms with Crippen molar-refractivity contribution in [1.82, 2.24) is 14.9 Å². The molecule has 0 saturated carbocycles. The number of aromatic nitrogens is 2. The molecule has 3 N–H and O–H groups in total. The number of hydrogen-bond acceptors (Lipinski definition) is 5. The number of carbonyl (C=O) groups excluding carboxylic acids is 1. The summed E-state index contributed by atoms with van der Waals surface area (Å²) in [6.07, 6.45) is 1.77. The van der Waals surface area contributed by atoms with E-state index in [2.05, 4.69) is 26.6 Å². The van der Waals surface area contributed by atoms with Gasteiger partial charge in [0.25, 0.3) is 5.91 Å². The number of para-hydroxylation sites is 1. The molecule has 1 fully saturated rings. The molecule has 2 unspecified atom stereocenters. The summed E-state index contributed by atoms with van der Waals surface area (Å²) in [6.45, 7) is 3.92. The first-order chi connectivity index (χ1) is 21.3. The Labute approximate surface area is 265 Å². The predicted molar refractivity (Wildman–Crippen MR) is 177 cm³/mol. The molecule has 2 aromatic heterocycles. The number of phenolic OH excluding ortho intramolecular Hbond substituents is 1. The molecule has 6 rings (SSSR count). The summed E-state index contributed by atoms with van der Waals surface area (Å²) >= 11 is 12.2. The summed E-state index contributed by atoms with van der Waals surface area (Å²) in [4.78, 5) is 19.3. The van der Waals surface area contributed by atoms with Crippen molar-refractivity contribution in [3.05, 3.63) is 131 Å². The number of nitrogens with one attached hydrogen (secondary N) is 2. The van der Waals surface area contributed by atoms with Gasteiger partial charge in [-0.15, -0.1) is 0 Å². The van der Waals surface area contributed by atoms with Crippen LogP contribution < -0.4 is 20.3 Å². The Morgan fingerprint density at radius 3 is 2.50 bits per heavy atom. The molecule has 44 heavy (non-hydrogen) atoms. The van der Waals surface area contributed by atoms with Crippen LogP contribution in [-0.4, -0.2) is 32.3 Å². The second-order valence-electron chi connectivity index (χ2n) is 10.5. The van der Waals surface area contributed by atoms with E-state index in [4.69, 9.17) is 28.6 Å². The van der Waals surface area contributed by atoms with Gasteiger partial charge in [0.2, 0.25) is 0 Å². The van der Waals surface area contributed by atoms with Gasteiger partial charge in [-0.3, -0.25) is 9.78 Å². The van der Waals surface area contributed by atoms with Crippen LogP contribution >= 0.6 is 23.8 Å². The lowest BCUT2D eigenvalue weighted by Crippen LogP contribution is -2.29. The van der Waals surface area contributed by atoms with Crippen LogP contribution in [0.2, 0.25) is 5.02 Å². The minimum atomic E-state index is -0.265. The van der Waals surface area contributed by atoms with E-state index in [1.165, 1.54) is 0 Å². The molecular weight excluding hydrogens is 594 g/mol. The molecule has 222 valence electrons. The molecule has 5 aromatic rings. The van der Waals surface area contributed by atoms with Crippen molar-refractivity contribution in [2.45, 2.75) is 25.9 Å². The minimum absolute atomic E-state index is 0.0997. The zero-order valence-corrected chi connectivity index (χ0v) is 25.6. The second-order valence-corrected chi connectivity index (χ2v) is 11.3.